The van der Waals surface area contributed by atoms with Gasteiger partial charge in [0, 0.05) is 23.6 Å². The van der Waals surface area contributed by atoms with Crippen LogP contribution in [0.4, 0.5) is 0 Å². The summed E-state index contributed by atoms with van der Waals surface area (Å²) in [7, 11) is 0. The van der Waals surface area contributed by atoms with Gasteiger partial charge in [-0.25, -0.2) is 0 Å². The second-order valence-electron chi connectivity index (χ2n) is 4.48. The maximum absolute atomic E-state index is 5.79. The minimum Gasteiger partial charge on any atom is -0.347 e. The maximum atomic E-state index is 5.79. The van der Waals surface area contributed by atoms with Crippen molar-refractivity contribution in [1.29, 1.82) is 0 Å². The molecule has 2 N–H and O–H groups in total. The molecule has 0 radical (unpaired) electrons. The first-order valence-corrected chi connectivity index (χ1v) is 5.97. The van der Waals surface area contributed by atoms with E-state index in [-0.39, 0.29) is 0 Å². The van der Waals surface area contributed by atoms with Crippen molar-refractivity contribution < 1.29 is 0 Å². The van der Waals surface area contributed by atoms with Crippen LogP contribution in [-0.4, -0.2) is 11.1 Å². The molecule has 0 aliphatic rings. The molecule has 1 atom stereocenters. The number of nitrogens with zero attached hydrogens (tertiary/aromatic N) is 1. The van der Waals surface area contributed by atoms with Gasteiger partial charge in [-0.15, -0.1) is 0 Å². The van der Waals surface area contributed by atoms with Gasteiger partial charge in [0.1, 0.15) is 0 Å². The first-order valence-electron chi connectivity index (χ1n) is 5.97. The number of benzene rings is 1. The zero-order valence-electron chi connectivity index (χ0n) is 10.3. The zero-order chi connectivity index (χ0) is 11.7. The summed E-state index contributed by atoms with van der Waals surface area (Å²) in [5.74, 6) is 0.427. The number of nitrogens with two attached hydrogens (primary N) is 1. The van der Waals surface area contributed by atoms with Gasteiger partial charge in [0.05, 0.1) is 0 Å². The summed E-state index contributed by atoms with van der Waals surface area (Å²) in [4.78, 5) is 0. The fraction of sp³-hybridized carbons (Fsp3) is 0.429. The molecule has 1 aromatic carbocycles. The Bertz CT molecular complexity index is 497. The van der Waals surface area contributed by atoms with Gasteiger partial charge in [0.2, 0.25) is 0 Å². The SMILES string of the molecule is CCn1cc(C(C)CN)c2c(C)cccc21. The highest BCUT2D eigenvalue weighted by molar-refractivity contribution is 5.87. The number of hydrogen-bond acceptors (Lipinski definition) is 1. The molecule has 0 spiro atoms. The maximum Gasteiger partial charge on any atom is 0.0485 e. The molecule has 0 bridgehead atoms. The third-order valence-corrected chi connectivity index (χ3v) is 3.37. The third-order valence-electron chi connectivity index (χ3n) is 3.37. The van der Waals surface area contributed by atoms with Crippen LogP contribution in [-0.2, 0) is 6.54 Å². The minimum atomic E-state index is 0.427. The second-order valence-corrected chi connectivity index (χ2v) is 4.48. The standard InChI is InChI=1S/C14H20N2/c1-4-16-9-12(11(3)8-15)14-10(2)6-5-7-13(14)16/h5-7,9,11H,4,8,15H2,1-3H3. The van der Waals surface area contributed by atoms with Crippen LogP contribution in [0.2, 0.25) is 0 Å². The molecule has 1 heterocycles. The highest BCUT2D eigenvalue weighted by atomic mass is 14.9. The average Bonchev–Trinajstić information content (AvgIpc) is 2.68. The molecule has 2 nitrogen and oxygen atoms in total. The second kappa shape index (κ2) is 4.30. The monoisotopic (exact) mass is 216 g/mol. The van der Waals surface area contributed by atoms with Gasteiger partial charge in [-0.2, -0.15) is 0 Å². The van der Waals surface area contributed by atoms with E-state index in [4.69, 9.17) is 5.73 Å². The summed E-state index contributed by atoms with van der Waals surface area (Å²) in [6.45, 7) is 8.27. The summed E-state index contributed by atoms with van der Waals surface area (Å²) >= 11 is 0. The number of hydrogen-bond donors (Lipinski definition) is 1. The predicted molar refractivity (Wildman–Crippen MR) is 69.8 cm³/mol. The van der Waals surface area contributed by atoms with Gasteiger partial charge >= 0.3 is 0 Å². The lowest BCUT2D eigenvalue weighted by Crippen LogP contribution is -2.08. The van der Waals surface area contributed by atoms with E-state index in [0.29, 0.717) is 12.5 Å². The van der Waals surface area contributed by atoms with Crippen molar-refractivity contribution in [3.8, 4) is 0 Å². The summed E-state index contributed by atoms with van der Waals surface area (Å²) < 4.78 is 2.31. The van der Waals surface area contributed by atoms with E-state index in [1.54, 1.807) is 0 Å². The van der Waals surface area contributed by atoms with Crippen molar-refractivity contribution in [1.82, 2.24) is 4.57 Å². The molecule has 0 aliphatic carbocycles. The Labute approximate surface area is 97.1 Å². The molecule has 0 amide bonds. The third kappa shape index (κ3) is 1.63. The molecule has 0 saturated carbocycles. The average molecular weight is 216 g/mol. The Morgan fingerprint density at radius 1 is 1.38 bits per heavy atom. The molecular formula is C14H20N2. The van der Waals surface area contributed by atoms with E-state index in [0.717, 1.165) is 6.54 Å². The van der Waals surface area contributed by atoms with Crippen molar-refractivity contribution in [2.45, 2.75) is 33.2 Å². The fourth-order valence-corrected chi connectivity index (χ4v) is 2.33. The van der Waals surface area contributed by atoms with Crippen LogP contribution in [0, 0.1) is 6.92 Å². The van der Waals surface area contributed by atoms with Crippen molar-refractivity contribution in [2.75, 3.05) is 6.54 Å². The van der Waals surface area contributed by atoms with Gasteiger partial charge in [-0.3, -0.25) is 0 Å². The van der Waals surface area contributed by atoms with Gasteiger partial charge in [-0.05, 0) is 43.5 Å². The minimum absolute atomic E-state index is 0.427. The van der Waals surface area contributed by atoms with Crippen LogP contribution in [0.1, 0.15) is 30.9 Å². The highest BCUT2D eigenvalue weighted by Crippen LogP contribution is 2.29. The Balaban J connectivity index is 2.74. The van der Waals surface area contributed by atoms with Crippen molar-refractivity contribution in [3.05, 3.63) is 35.5 Å². The van der Waals surface area contributed by atoms with Crippen LogP contribution in [0.15, 0.2) is 24.4 Å². The van der Waals surface area contributed by atoms with E-state index < -0.39 is 0 Å². The Hall–Kier alpha value is -1.28. The van der Waals surface area contributed by atoms with Crippen LogP contribution < -0.4 is 5.73 Å². The molecule has 16 heavy (non-hydrogen) atoms. The molecule has 2 aromatic rings. The number of fused-ring (bicyclic) bond motifs is 1. The van der Waals surface area contributed by atoms with Crippen molar-refractivity contribution >= 4 is 10.9 Å². The molecule has 0 saturated heterocycles. The largest absolute Gasteiger partial charge is 0.347 e. The first-order chi connectivity index (χ1) is 7.69. The molecule has 2 rings (SSSR count). The van der Waals surface area contributed by atoms with Gasteiger partial charge in [0.25, 0.3) is 0 Å². The van der Waals surface area contributed by atoms with Crippen LogP contribution in [0.25, 0.3) is 10.9 Å². The van der Waals surface area contributed by atoms with Crippen LogP contribution >= 0.6 is 0 Å². The summed E-state index contributed by atoms with van der Waals surface area (Å²) in [5.41, 5.74) is 9.85. The van der Waals surface area contributed by atoms with Crippen molar-refractivity contribution in [3.63, 3.8) is 0 Å². The number of rotatable bonds is 3. The lowest BCUT2D eigenvalue weighted by Gasteiger charge is -2.07. The van der Waals surface area contributed by atoms with Gasteiger partial charge in [0.15, 0.2) is 0 Å². The van der Waals surface area contributed by atoms with Crippen LogP contribution in [0.5, 0.6) is 0 Å². The van der Waals surface area contributed by atoms with E-state index in [9.17, 15) is 0 Å². The van der Waals surface area contributed by atoms with Crippen molar-refractivity contribution in [2.24, 2.45) is 5.73 Å². The lowest BCUT2D eigenvalue weighted by molar-refractivity contribution is 0.752. The fourth-order valence-electron chi connectivity index (χ4n) is 2.33. The lowest BCUT2D eigenvalue weighted by atomic mass is 9.98. The Morgan fingerprint density at radius 2 is 2.12 bits per heavy atom. The molecule has 1 unspecified atom stereocenters. The van der Waals surface area contributed by atoms with E-state index in [1.807, 2.05) is 0 Å². The molecule has 2 heteroatoms. The Kier molecular flexibility index (Phi) is 3.01. The summed E-state index contributed by atoms with van der Waals surface area (Å²) in [6.07, 6.45) is 2.26. The van der Waals surface area contributed by atoms with Crippen LogP contribution in [0.3, 0.4) is 0 Å². The van der Waals surface area contributed by atoms with E-state index in [1.165, 1.54) is 22.0 Å². The number of aromatic nitrogens is 1. The van der Waals surface area contributed by atoms with E-state index >= 15 is 0 Å². The summed E-state index contributed by atoms with van der Waals surface area (Å²) in [6, 6.07) is 6.49. The highest BCUT2D eigenvalue weighted by Gasteiger charge is 2.13. The smallest absolute Gasteiger partial charge is 0.0485 e. The first kappa shape index (κ1) is 11.2. The molecule has 1 aromatic heterocycles. The Morgan fingerprint density at radius 3 is 2.75 bits per heavy atom. The quantitative estimate of drug-likeness (QED) is 0.840. The number of aryl methyl sites for hydroxylation is 2. The van der Waals surface area contributed by atoms with Gasteiger partial charge in [-0.1, -0.05) is 19.1 Å². The molecular weight excluding hydrogens is 196 g/mol. The molecule has 0 aliphatic heterocycles. The molecule has 0 fully saturated rings. The topological polar surface area (TPSA) is 30.9 Å². The molecule has 86 valence electrons. The summed E-state index contributed by atoms with van der Waals surface area (Å²) in [5, 5.41) is 1.39. The normalized spacial score (nSPS) is 13.2. The predicted octanol–water partition coefficient (Wildman–Crippen LogP) is 3.03. The van der Waals surface area contributed by atoms with Gasteiger partial charge < -0.3 is 10.3 Å². The zero-order valence-corrected chi connectivity index (χ0v) is 10.3. The van der Waals surface area contributed by atoms with E-state index in [2.05, 4.69) is 49.7 Å².